The quantitative estimate of drug-likeness (QED) is 0.886. The van der Waals surface area contributed by atoms with Crippen molar-refractivity contribution >= 4 is 11.5 Å². The zero-order valence-electron chi connectivity index (χ0n) is 12.6. The number of hydrogen-bond acceptors (Lipinski definition) is 4. The molecule has 2 aromatic rings. The number of pyridine rings is 1. The highest BCUT2D eigenvalue weighted by molar-refractivity contribution is 5.49. The first kappa shape index (κ1) is 13.9. The van der Waals surface area contributed by atoms with Crippen LogP contribution >= 0.6 is 0 Å². The van der Waals surface area contributed by atoms with E-state index in [1.54, 1.807) is 0 Å². The molecule has 1 N–H and O–H groups in total. The Morgan fingerprint density at radius 2 is 2.05 bits per heavy atom. The highest BCUT2D eigenvalue weighted by Crippen LogP contribution is 2.19. The minimum Gasteiger partial charge on any atom is -0.377 e. The maximum absolute atomic E-state index is 4.56. The number of nitrogens with one attached hydrogen (secondary N) is 1. The van der Waals surface area contributed by atoms with Crippen LogP contribution in [0.2, 0.25) is 0 Å². The van der Waals surface area contributed by atoms with Gasteiger partial charge in [-0.05, 0) is 31.4 Å². The van der Waals surface area contributed by atoms with Gasteiger partial charge in [0.15, 0.2) is 0 Å². The Hall–Kier alpha value is -2.04. The number of anilines is 2. The summed E-state index contributed by atoms with van der Waals surface area (Å²) in [6.07, 6.45) is 9.50. The van der Waals surface area contributed by atoms with Gasteiger partial charge in [0, 0.05) is 32.0 Å². The van der Waals surface area contributed by atoms with Gasteiger partial charge >= 0.3 is 0 Å². The fourth-order valence-corrected chi connectivity index (χ4v) is 2.76. The van der Waals surface area contributed by atoms with Crippen molar-refractivity contribution in [2.24, 2.45) is 0 Å². The van der Waals surface area contributed by atoms with Crippen LogP contribution in [-0.2, 0) is 13.1 Å². The third kappa shape index (κ3) is 3.35. The molecule has 2 aromatic heterocycles. The van der Waals surface area contributed by atoms with Crippen molar-refractivity contribution < 1.29 is 0 Å². The Morgan fingerprint density at radius 3 is 2.76 bits per heavy atom. The summed E-state index contributed by atoms with van der Waals surface area (Å²) in [5, 5.41) is 3.40. The third-order valence-corrected chi connectivity index (χ3v) is 3.89. The molecule has 21 heavy (non-hydrogen) atoms. The summed E-state index contributed by atoms with van der Waals surface area (Å²) in [7, 11) is 0. The summed E-state index contributed by atoms with van der Waals surface area (Å²) in [4.78, 5) is 11.3. The number of hydrogen-bond donors (Lipinski definition) is 1. The number of aromatic nitrogens is 3. The molecule has 0 bridgehead atoms. The van der Waals surface area contributed by atoms with Crippen LogP contribution < -0.4 is 10.2 Å². The smallest absolute Gasteiger partial charge is 0.128 e. The molecule has 3 heterocycles. The Balaban J connectivity index is 1.58. The lowest BCUT2D eigenvalue weighted by atomic mass is 10.3. The molecule has 0 saturated carbocycles. The summed E-state index contributed by atoms with van der Waals surface area (Å²) in [5.74, 6) is 2.16. The lowest BCUT2D eigenvalue weighted by Crippen LogP contribution is -2.18. The predicted molar refractivity (Wildman–Crippen MR) is 85.5 cm³/mol. The first-order chi connectivity index (χ1) is 10.4. The molecule has 1 fully saturated rings. The standard InChI is InChI=1S/C16H23N5/c1-2-8-20-11-7-17-16(20)13-18-14-5-6-15(19-12-14)21-9-3-4-10-21/h5-7,11-12,18H,2-4,8-10,13H2,1H3. The van der Waals surface area contributed by atoms with Gasteiger partial charge in [0.05, 0.1) is 18.4 Å². The van der Waals surface area contributed by atoms with Crippen LogP contribution in [0.15, 0.2) is 30.7 Å². The van der Waals surface area contributed by atoms with Crippen molar-refractivity contribution in [1.82, 2.24) is 14.5 Å². The largest absolute Gasteiger partial charge is 0.377 e. The summed E-state index contributed by atoms with van der Waals surface area (Å²) < 4.78 is 2.19. The van der Waals surface area contributed by atoms with Gasteiger partial charge in [0.1, 0.15) is 11.6 Å². The van der Waals surface area contributed by atoms with Crippen LogP contribution in [0.3, 0.4) is 0 Å². The molecular formula is C16H23N5. The number of aryl methyl sites for hydroxylation is 1. The van der Waals surface area contributed by atoms with Crippen molar-refractivity contribution in [1.29, 1.82) is 0 Å². The highest BCUT2D eigenvalue weighted by Gasteiger charge is 2.12. The maximum Gasteiger partial charge on any atom is 0.128 e. The predicted octanol–water partition coefficient (Wildman–Crippen LogP) is 2.90. The molecule has 0 spiro atoms. The summed E-state index contributed by atoms with van der Waals surface area (Å²) in [5.41, 5.74) is 1.05. The third-order valence-electron chi connectivity index (χ3n) is 3.89. The monoisotopic (exact) mass is 285 g/mol. The summed E-state index contributed by atoms with van der Waals surface area (Å²) >= 11 is 0. The van der Waals surface area contributed by atoms with E-state index in [1.807, 2.05) is 18.6 Å². The second-order valence-corrected chi connectivity index (χ2v) is 5.49. The van der Waals surface area contributed by atoms with E-state index >= 15 is 0 Å². The molecule has 112 valence electrons. The van der Waals surface area contributed by atoms with Gasteiger partial charge < -0.3 is 14.8 Å². The molecule has 5 heteroatoms. The lowest BCUT2D eigenvalue weighted by Gasteiger charge is -2.16. The van der Waals surface area contributed by atoms with Crippen molar-refractivity contribution in [3.05, 3.63) is 36.5 Å². The Labute approximate surface area is 126 Å². The van der Waals surface area contributed by atoms with Gasteiger partial charge in [0.25, 0.3) is 0 Å². The topological polar surface area (TPSA) is 46.0 Å². The minimum absolute atomic E-state index is 0.734. The van der Waals surface area contributed by atoms with E-state index in [-0.39, 0.29) is 0 Å². The summed E-state index contributed by atoms with van der Waals surface area (Å²) in [6, 6.07) is 4.21. The molecule has 0 atom stereocenters. The van der Waals surface area contributed by atoms with Gasteiger partial charge in [-0.25, -0.2) is 9.97 Å². The number of rotatable bonds is 6. The number of imidazole rings is 1. The molecule has 0 aliphatic carbocycles. The van der Waals surface area contributed by atoms with Crippen molar-refractivity contribution in [3.8, 4) is 0 Å². The molecule has 3 rings (SSSR count). The summed E-state index contributed by atoms with van der Waals surface area (Å²) in [6.45, 7) is 6.20. The van der Waals surface area contributed by atoms with E-state index in [4.69, 9.17) is 0 Å². The van der Waals surface area contributed by atoms with E-state index in [0.29, 0.717) is 0 Å². The Morgan fingerprint density at radius 1 is 1.19 bits per heavy atom. The average Bonchev–Trinajstić information content (AvgIpc) is 3.18. The van der Waals surface area contributed by atoms with Gasteiger partial charge in [-0.1, -0.05) is 6.92 Å². The van der Waals surface area contributed by atoms with Crippen LogP contribution in [0.1, 0.15) is 32.0 Å². The molecular weight excluding hydrogens is 262 g/mol. The molecule has 5 nitrogen and oxygen atoms in total. The first-order valence-electron chi connectivity index (χ1n) is 7.81. The molecule has 1 aliphatic rings. The van der Waals surface area contributed by atoms with Crippen molar-refractivity contribution in [2.75, 3.05) is 23.3 Å². The van der Waals surface area contributed by atoms with Crippen molar-refractivity contribution in [2.45, 2.75) is 39.3 Å². The van der Waals surface area contributed by atoms with E-state index < -0.39 is 0 Å². The lowest BCUT2D eigenvalue weighted by molar-refractivity contribution is 0.644. The molecule has 0 amide bonds. The second-order valence-electron chi connectivity index (χ2n) is 5.49. The molecule has 1 saturated heterocycles. The normalized spacial score (nSPS) is 14.6. The molecule has 0 aromatic carbocycles. The SMILES string of the molecule is CCCn1ccnc1CNc1ccc(N2CCCC2)nc1. The molecule has 0 unspecified atom stereocenters. The van der Waals surface area contributed by atoms with E-state index in [2.05, 4.69) is 43.8 Å². The van der Waals surface area contributed by atoms with E-state index in [1.165, 1.54) is 12.8 Å². The average molecular weight is 285 g/mol. The van der Waals surface area contributed by atoms with Crippen LogP contribution in [-0.4, -0.2) is 27.6 Å². The minimum atomic E-state index is 0.734. The fourth-order valence-electron chi connectivity index (χ4n) is 2.76. The van der Waals surface area contributed by atoms with Crippen molar-refractivity contribution in [3.63, 3.8) is 0 Å². The van der Waals surface area contributed by atoms with Gasteiger partial charge in [0.2, 0.25) is 0 Å². The molecule has 0 radical (unpaired) electrons. The number of nitrogens with zero attached hydrogens (tertiary/aromatic N) is 4. The van der Waals surface area contributed by atoms with Crippen LogP contribution in [0, 0.1) is 0 Å². The van der Waals surface area contributed by atoms with Gasteiger partial charge in [-0.15, -0.1) is 0 Å². The molecule has 1 aliphatic heterocycles. The Bertz CT molecular complexity index is 554. The van der Waals surface area contributed by atoms with Gasteiger partial charge in [-0.2, -0.15) is 0 Å². The van der Waals surface area contributed by atoms with Gasteiger partial charge in [-0.3, -0.25) is 0 Å². The zero-order valence-corrected chi connectivity index (χ0v) is 12.6. The Kier molecular flexibility index (Phi) is 4.38. The fraction of sp³-hybridized carbons (Fsp3) is 0.500. The van der Waals surface area contributed by atoms with Crippen LogP contribution in [0.25, 0.3) is 0 Å². The highest BCUT2D eigenvalue weighted by atomic mass is 15.2. The van der Waals surface area contributed by atoms with Crippen LogP contribution in [0.5, 0.6) is 0 Å². The second kappa shape index (κ2) is 6.61. The van der Waals surface area contributed by atoms with E-state index in [0.717, 1.165) is 49.9 Å². The maximum atomic E-state index is 4.56. The zero-order chi connectivity index (χ0) is 14.5. The van der Waals surface area contributed by atoms with E-state index in [9.17, 15) is 0 Å². The first-order valence-corrected chi connectivity index (χ1v) is 7.81. The van der Waals surface area contributed by atoms with Crippen LogP contribution in [0.4, 0.5) is 11.5 Å².